The summed E-state index contributed by atoms with van der Waals surface area (Å²) in [6.45, 7) is 6.14. The summed E-state index contributed by atoms with van der Waals surface area (Å²) in [5.74, 6) is -1.35. The van der Waals surface area contributed by atoms with Gasteiger partial charge >= 0.3 is 12.1 Å². The van der Waals surface area contributed by atoms with Crippen molar-refractivity contribution in [3.8, 4) is 0 Å². The van der Waals surface area contributed by atoms with Gasteiger partial charge in [-0.05, 0) is 44.9 Å². The molecule has 23 heavy (non-hydrogen) atoms. The first-order chi connectivity index (χ1) is 10.7. The lowest BCUT2D eigenvalue weighted by molar-refractivity contribution is 0.0280. The number of benzene rings is 1. The van der Waals surface area contributed by atoms with Crippen LogP contribution < -0.4 is 0 Å². The summed E-state index contributed by atoms with van der Waals surface area (Å²) in [6, 6.07) is 5.77. The Kier molecular flexibility index (Phi) is 4.92. The van der Waals surface area contributed by atoms with Gasteiger partial charge in [0.25, 0.3) is 0 Å². The first-order valence-electron chi connectivity index (χ1n) is 7.62. The highest BCUT2D eigenvalue weighted by Crippen LogP contribution is 2.33. The molecule has 1 heterocycles. The molecule has 2 rings (SSSR count). The van der Waals surface area contributed by atoms with Gasteiger partial charge in [-0.1, -0.05) is 12.1 Å². The predicted octanol–water partition coefficient (Wildman–Crippen LogP) is 3.65. The highest BCUT2D eigenvalue weighted by molar-refractivity contribution is 5.87. The minimum Gasteiger partial charge on any atom is -0.478 e. The molecule has 1 aliphatic heterocycles. The van der Waals surface area contributed by atoms with Gasteiger partial charge in [-0.25, -0.2) is 14.0 Å². The van der Waals surface area contributed by atoms with Gasteiger partial charge in [0.2, 0.25) is 0 Å². The Balaban J connectivity index is 1.98. The second kappa shape index (κ2) is 6.56. The van der Waals surface area contributed by atoms with E-state index in [0.717, 1.165) is 0 Å². The van der Waals surface area contributed by atoms with Crippen LogP contribution in [-0.2, 0) is 4.74 Å². The molecule has 1 aliphatic rings. The number of carbonyl (C=O) groups is 2. The molecular formula is C17H22FNO4. The van der Waals surface area contributed by atoms with Gasteiger partial charge in [-0.15, -0.1) is 0 Å². The highest BCUT2D eigenvalue weighted by Gasteiger charge is 2.34. The van der Waals surface area contributed by atoms with E-state index in [1.165, 1.54) is 29.2 Å². The minimum atomic E-state index is -1.23. The summed E-state index contributed by atoms with van der Waals surface area (Å²) < 4.78 is 19.9. The molecular weight excluding hydrogens is 301 g/mol. The third-order valence-corrected chi connectivity index (χ3v) is 3.77. The van der Waals surface area contributed by atoms with Crippen molar-refractivity contribution in [2.24, 2.45) is 5.92 Å². The number of ether oxygens (including phenoxy) is 1. The van der Waals surface area contributed by atoms with Crippen molar-refractivity contribution in [2.75, 3.05) is 13.1 Å². The first kappa shape index (κ1) is 17.2. The van der Waals surface area contributed by atoms with E-state index in [1.54, 1.807) is 20.8 Å². The molecule has 5 nitrogen and oxygen atoms in total. The van der Waals surface area contributed by atoms with E-state index in [0.29, 0.717) is 25.1 Å². The zero-order valence-corrected chi connectivity index (χ0v) is 13.6. The topological polar surface area (TPSA) is 66.8 Å². The Hall–Kier alpha value is -2.11. The van der Waals surface area contributed by atoms with Crippen LogP contribution in [0.15, 0.2) is 24.3 Å². The van der Waals surface area contributed by atoms with Crippen LogP contribution in [0.4, 0.5) is 9.18 Å². The predicted molar refractivity (Wildman–Crippen MR) is 83.2 cm³/mol. The summed E-state index contributed by atoms with van der Waals surface area (Å²) in [5, 5.41) is 8.86. The van der Waals surface area contributed by atoms with Crippen LogP contribution in [0.3, 0.4) is 0 Å². The van der Waals surface area contributed by atoms with Gasteiger partial charge in [0.15, 0.2) is 0 Å². The van der Waals surface area contributed by atoms with E-state index in [9.17, 15) is 14.0 Å². The number of carbonyl (C=O) groups excluding carboxylic acids is 1. The van der Waals surface area contributed by atoms with Crippen LogP contribution in [0.5, 0.6) is 0 Å². The van der Waals surface area contributed by atoms with Crippen molar-refractivity contribution in [3.05, 3.63) is 35.4 Å². The summed E-state index contributed by atoms with van der Waals surface area (Å²) in [7, 11) is 0. The van der Waals surface area contributed by atoms with E-state index in [4.69, 9.17) is 9.84 Å². The number of nitrogens with zero attached hydrogens (tertiary/aromatic N) is 1. The molecule has 1 N–H and O–H groups in total. The summed E-state index contributed by atoms with van der Waals surface area (Å²) in [6.07, 6.45) is -1.10. The number of rotatable bonds is 3. The van der Waals surface area contributed by atoms with Crippen molar-refractivity contribution >= 4 is 12.1 Å². The van der Waals surface area contributed by atoms with Crippen LogP contribution in [0.1, 0.15) is 49.3 Å². The van der Waals surface area contributed by atoms with E-state index >= 15 is 0 Å². The molecule has 2 unspecified atom stereocenters. The van der Waals surface area contributed by atoms with Gasteiger partial charge in [0.05, 0.1) is 5.56 Å². The Morgan fingerprint density at radius 2 is 1.91 bits per heavy atom. The number of hydrogen-bond donors (Lipinski definition) is 1. The van der Waals surface area contributed by atoms with Crippen LogP contribution in [-0.4, -0.2) is 40.8 Å². The quantitative estimate of drug-likeness (QED) is 0.922. The first-order valence-corrected chi connectivity index (χ1v) is 7.62. The fourth-order valence-electron chi connectivity index (χ4n) is 2.60. The number of carboxylic acid groups (broad SMARTS) is 1. The Morgan fingerprint density at radius 1 is 1.30 bits per heavy atom. The minimum absolute atomic E-state index is 0.128. The third-order valence-electron chi connectivity index (χ3n) is 3.77. The maximum absolute atomic E-state index is 14.6. The van der Waals surface area contributed by atoms with E-state index < -0.39 is 23.8 Å². The van der Waals surface area contributed by atoms with Crippen LogP contribution >= 0.6 is 0 Å². The molecule has 6 heteroatoms. The molecule has 1 saturated heterocycles. The number of carboxylic acids is 1. The number of hydrogen-bond acceptors (Lipinski definition) is 3. The molecule has 1 fully saturated rings. The molecule has 0 bridgehead atoms. The standard InChI is InChI=1S/C17H22FNO4/c1-17(2,3)23-16(22)19-9-8-13(10-19)14(18)11-4-6-12(7-5-11)15(20)21/h4-7,13-14H,8-10H2,1-3H3,(H,20,21). The lowest BCUT2D eigenvalue weighted by Gasteiger charge is -2.24. The molecule has 126 valence electrons. The number of likely N-dealkylation sites (tertiary alicyclic amines) is 1. The maximum atomic E-state index is 14.6. The second-order valence-corrected chi connectivity index (χ2v) is 6.80. The Bertz CT molecular complexity index is 579. The largest absolute Gasteiger partial charge is 0.478 e. The van der Waals surface area contributed by atoms with Crippen molar-refractivity contribution in [1.29, 1.82) is 0 Å². The average molecular weight is 323 g/mol. The number of halogens is 1. The molecule has 1 amide bonds. The molecule has 0 aromatic heterocycles. The van der Waals surface area contributed by atoms with Gasteiger partial charge in [0, 0.05) is 19.0 Å². The summed E-state index contributed by atoms with van der Waals surface area (Å²) in [4.78, 5) is 24.3. The number of amides is 1. The van der Waals surface area contributed by atoms with Crippen LogP contribution in [0.2, 0.25) is 0 Å². The summed E-state index contributed by atoms with van der Waals surface area (Å²) in [5.41, 5.74) is -0.00877. The van der Waals surface area contributed by atoms with Crippen LogP contribution in [0, 0.1) is 5.92 Å². The Labute approximate surface area is 135 Å². The molecule has 1 aromatic carbocycles. The SMILES string of the molecule is CC(C)(C)OC(=O)N1CCC(C(F)c2ccc(C(=O)O)cc2)C1. The van der Waals surface area contributed by atoms with Crippen molar-refractivity contribution in [3.63, 3.8) is 0 Å². The zero-order chi connectivity index (χ0) is 17.2. The monoisotopic (exact) mass is 323 g/mol. The van der Waals surface area contributed by atoms with Gasteiger partial charge in [-0.3, -0.25) is 0 Å². The third kappa shape index (κ3) is 4.43. The lowest BCUT2D eigenvalue weighted by Crippen LogP contribution is -2.35. The zero-order valence-electron chi connectivity index (χ0n) is 13.6. The average Bonchev–Trinajstić information content (AvgIpc) is 2.94. The maximum Gasteiger partial charge on any atom is 0.410 e. The molecule has 1 aromatic rings. The van der Waals surface area contributed by atoms with E-state index in [-0.39, 0.29) is 11.5 Å². The van der Waals surface area contributed by atoms with Crippen molar-refractivity contribution < 1.29 is 23.8 Å². The smallest absolute Gasteiger partial charge is 0.410 e. The normalized spacial score (nSPS) is 19.5. The highest BCUT2D eigenvalue weighted by atomic mass is 19.1. The number of alkyl halides is 1. The molecule has 0 spiro atoms. The summed E-state index contributed by atoms with van der Waals surface area (Å²) >= 11 is 0. The lowest BCUT2D eigenvalue weighted by atomic mass is 9.96. The fraction of sp³-hybridized carbons (Fsp3) is 0.529. The second-order valence-electron chi connectivity index (χ2n) is 6.80. The van der Waals surface area contributed by atoms with E-state index in [1.807, 2.05) is 0 Å². The number of aromatic carboxylic acids is 1. The van der Waals surface area contributed by atoms with Crippen molar-refractivity contribution in [1.82, 2.24) is 4.90 Å². The van der Waals surface area contributed by atoms with Gasteiger partial charge in [0.1, 0.15) is 11.8 Å². The van der Waals surface area contributed by atoms with Gasteiger partial charge < -0.3 is 14.7 Å². The molecule has 0 aliphatic carbocycles. The van der Waals surface area contributed by atoms with E-state index in [2.05, 4.69) is 0 Å². The fourth-order valence-corrected chi connectivity index (χ4v) is 2.60. The molecule has 0 saturated carbocycles. The van der Waals surface area contributed by atoms with Crippen LogP contribution in [0.25, 0.3) is 0 Å². The van der Waals surface area contributed by atoms with Gasteiger partial charge in [-0.2, -0.15) is 0 Å². The Morgan fingerprint density at radius 3 is 2.43 bits per heavy atom. The van der Waals surface area contributed by atoms with Crippen molar-refractivity contribution in [2.45, 2.75) is 39.0 Å². The molecule has 2 atom stereocenters. The molecule has 0 radical (unpaired) electrons.